The third-order valence-electron chi connectivity index (χ3n) is 4.22. The number of fused-ring (bicyclic) bond motifs is 1. The summed E-state index contributed by atoms with van der Waals surface area (Å²) in [7, 11) is 0. The number of nitrogens with zero attached hydrogens (tertiary/aromatic N) is 3. The highest BCUT2D eigenvalue weighted by Gasteiger charge is 2.31. The van der Waals surface area contributed by atoms with Crippen LogP contribution in [0.3, 0.4) is 0 Å². The number of nitrogens with two attached hydrogens (primary N) is 1. The van der Waals surface area contributed by atoms with Crippen molar-refractivity contribution in [2.75, 3.05) is 11.1 Å². The van der Waals surface area contributed by atoms with Gasteiger partial charge in [0.15, 0.2) is 11.5 Å². The molecule has 0 saturated heterocycles. The molecular weight excluding hydrogens is 357 g/mol. The van der Waals surface area contributed by atoms with Crippen LogP contribution in [0.4, 0.5) is 16.3 Å². The first-order valence-corrected chi connectivity index (χ1v) is 9.31. The van der Waals surface area contributed by atoms with E-state index in [1.807, 2.05) is 0 Å². The van der Waals surface area contributed by atoms with Gasteiger partial charge in [-0.25, -0.2) is 4.39 Å². The smallest absolute Gasteiger partial charge is 0.228 e. The van der Waals surface area contributed by atoms with E-state index in [-0.39, 0.29) is 17.8 Å². The number of nitrogens with one attached hydrogen (secondary N) is 1. The van der Waals surface area contributed by atoms with Gasteiger partial charge in [0.1, 0.15) is 0 Å². The third kappa shape index (κ3) is 4.43. The lowest BCUT2D eigenvalue weighted by molar-refractivity contribution is 0.206. The highest BCUT2D eigenvalue weighted by atomic mass is 32.8. The molecular formula is C17H22FN5S2. The van der Waals surface area contributed by atoms with Crippen LogP contribution in [0.5, 0.6) is 0 Å². The van der Waals surface area contributed by atoms with E-state index in [4.69, 9.17) is 5.73 Å². The SMILES string of the molecule is Cc1ccc2c(c1)[C@H](Nc1nc(N)nc(C(C)(C)F)n1)[C@@H](C)C2.S=S. The predicted octanol–water partition coefficient (Wildman–Crippen LogP) is 3.31. The molecule has 1 aromatic carbocycles. The average Bonchev–Trinajstić information content (AvgIpc) is 2.84. The number of hydrogen-bond donors (Lipinski definition) is 2. The van der Waals surface area contributed by atoms with Gasteiger partial charge in [0.2, 0.25) is 11.9 Å². The van der Waals surface area contributed by atoms with Gasteiger partial charge in [0.05, 0.1) is 6.04 Å². The number of rotatable bonds is 3. The predicted molar refractivity (Wildman–Crippen MR) is 104 cm³/mol. The number of aromatic nitrogens is 3. The molecule has 3 rings (SSSR count). The Balaban J connectivity index is 0.00000109. The summed E-state index contributed by atoms with van der Waals surface area (Å²) in [5.74, 6) is 0.789. The van der Waals surface area contributed by atoms with Crippen LogP contribution in [0.25, 0.3) is 0 Å². The molecule has 0 unspecified atom stereocenters. The first kappa shape index (κ1) is 19.5. The van der Waals surface area contributed by atoms with Gasteiger partial charge < -0.3 is 11.1 Å². The van der Waals surface area contributed by atoms with E-state index in [1.165, 1.54) is 30.5 Å². The Hall–Kier alpha value is -1.80. The van der Waals surface area contributed by atoms with Crippen LogP contribution in [-0.4, -0.2) is 15.0 Å². The molecule has 8 heteroatoms. The van der Waals surface area contributed by atoms with Crippen LogP contribution in [-0.2, 0) is 34.5 Å². The van der Waals surface area contributed by atoms with Gasteiger partial charge in [-0.15, -0.1) is 0 Å². The second-order valence-corrected chi connectivity index (χ2v) is 6.82. The Morgan fingerprint density at radius 3 is 2.56 bits per heavy atom. The van der Waals surface area contributed by atoms with E-state index in [9.17, 15) is 4.39 Å². The molecule has 2 atom stereocenters. The monoisotopic (exact) mass is 379 g/mol. The van der Waals surface area contributed by atoms with Crippen molar-refractivity contribution < 1.29 is 4.39 Å². The van der Waals surface area contributed by atoms with Crippen LogP contribution in [0.15, 0.2) is 18.2 Å². The molecule has 1 aliphatic carbocycles. The van der Waals surface area contributed by atoms with Crippen molar-refractivity contribution in [1.82, 2.24) is 15.0 Å². The minimum Gasteiger partial charge on any atom is -0.368 e. The standard InChI is InChI=1S/C17H22FN5.S2/c1-9-5-6-11-8-10(2)13(12(11)7-9)20-16-22-14(17(3,4)18)21-15(19)23-16;1-2/h5-7,10,13H,8H2,1-4H3,(H3,19,20,21,22,23);/t10-,13+;/m0./s1. The lowest BCUT2D eigenvalue weighted by Gasteiger charge is -2.20. The highest BCUT2D eigenvalue weighted by Crippen LogP contribution is 2.38. The largest absolute Gasteiger partial charge is 0.368 e. The number of hydrogen-bond acceptors (Lipinski definition) is 7. The van der Waals surface area contributed by atoms with Gasteiger partial charge in [0.25, 0.3) is 0 Å². The van der Waals surface area contributed by atoms with Crippen LogP contribution in [0, 0.1) is 12.8 Å². The molecule has 0 amide bonds. The summed E-state index contributed by atoms with van der Waals surface area (Å²) in [5.41, 5.74) is 7.84. The Morgan fingerprint density at radius 1 is 1.24 bits per heavy atom. The van der Waals surface area contributed by atoms with E-state index in [1.54, 1.807) is 0 Å². The normalized spacial score (nSPS) is 18.9. The van der Waals surface area contributed by atoms with Crippen LogP contribution in [0.1, 0.15) is 49.3 Å². The van der Waals surface area contributed by atoms with E-state index < -0.39 is 5.67 Å². The van der Waals surface area contributed by atoms with Gasteiger partial charge in [-0.1, -0.05) is 30.7 Å². The Morgan fingerprint density at radius 2 is 1.92 bits per heavy atom. The van der Waals surface area contributed by atoms with Gasteiger partial charge in [-0.05, 0) is 44.2 Å². The molecule has 0 aliphatic heterocycles. The maximum atomic E-state index is 14.1. The summed E-state index contributed by atoms with van der Waals surface area (Å²) >= 11 is 7.33. The van der Waals surface area contributed by atoms with Crippen LogP contribution >= 0.6 is 0 Å². The fraction of sp³-hybridized carbons (Fsp3) is 0.471. The molecule has 3 N–H and O–H groups in total. The van der Waals surface area contributed by atoms with Gasteiger partial charge in [-0.2, -0.15) is 15.0 Å². The summed E-state index contributed by atoms with van der Waals surface area (Å²) in [6.45, 7) is 7.06. The Bertz CT molecular complexity index is 763. The molecule has 0 fully saturated rings. The van der Waals surface area contributed by atoms with E-state index in [2.05, 4.69) is 74.7 Å². The fourth-order valence-electron chi connectivity index (χ4n) is 3.04. The van der Waals surface area contributed by atoms with Crippen molar-refractivity contribution in [3.05, 3.63) is 40.7 Å². The van der Waals surface area contributed by atoms with Gasteiger partial charge in [-0.3, -0.25) is 0 Å². The second-order valence-electron chi connectivity index (χ2n) is 6.82. The van der Waals surface area contributed by atoms with Crippen molar-refractivity contribution in [2.24, 2.45) is 5.92 Å². The quantitative estimate of drug-likeness (QED) is 0.847. The van der Waals surface area contributed by atoms with Crippen molar-refractivity contribution in [1.29, 1.82) is 0 Å². The van der Waals surface area contributed by atoms with Gasteiger partial charge in [0, 0.05) is 22.4 Å². The molecule has 0 radical (unpaired) electrons. The maximum absolute atomic E-state index is 14.1. The zero-order valence-corrected chi connectivity index (χ0v) is 16.3. The Labute approximate surface area is 157 Å². The third-order valence-corrected chi connectivity index (χ3v) is 4.22. The van der Waals surface area contributed by atoms with E-state index >= 15 is 0 Å². The number of halogens is 1. The molecule has 134 valence electrons. The molecule has 25 heavy (non-hydrogen) atoms. The number of anilines is 2. The molecule has 0 saturated carbocycles. The van der Waals surface area contributed by atoms with Gasteiger partial charge >= 0.3 is 0 Å². The molecule has 2 aromatic rings. The Kier molecular flexibility index (Phi) is 5.95. The minimum atomic E-state index is -1.66. The van der Waals surface area contributed by atoms with Crippen LogP contribution < -0.4 is 11.1 Å². The first-order chi connectivity index (χ1) is 11.7. The molecule has 0 bridgehead atoms. The molecule has 5 nitrogen and oxygen atoms in total. The summed E-state index contributed by atoms with van der Waals surface area (Å²) in [6, 6.07) is 6.56. The minimum absolute atomic E-state index is 0.0262. The summed E-state index contributed by atoms with van der Waals surface area (Å²) in [4.78, 5) is 12.2. The topological polar surface area (TPSA) is 76.7 Å². The van der Waals surface area contributed by atoms with Crippen LogP contribution in [0.2, 0.25) is 0 Å². The molecule has 1 aromatic heterocycles. The summed E-state index contributed by atoms with van der Waals surface area (Å²) in [6.07, 6.45) is 0.995. The fourth-order valence-corrected chi connectivity index (χ4v) is 3.04. The molecule has 0 spiro atoms. The van der Waals surface area contributed by atoms with Crippen molar-refractivity contribution in [3.63, 3.8) is 0 Å². The number of benzene rings is 1. The lowest BCUT2D eigenvalue weighted by Crippen LogP contribution is -2.21. The highest BCUT2D eigenvalue weighted by molar-refractivity contribution is 8.07. The summed E-state index contributed by atoms with van der Waals surface area (Å²) < 4.78 is 14.1. The maximum Gasteiger partial charge on any atom is 0.228 e. The van der Waals surface area contributed by atoms with Crippen molar-refractivity contribution in [3.8, 4) is 0 Å². The summed E-state index contributed by atoms with van der Waals surface area (Å²) in [5, 5.41) is 3.32. The first-order valence-electron chi connectivity index (χ1n) is 7.97. The lowest BCUT2D eigenvalue weighted by atomic mass is 10.0. The average molecular weight is 380 g/mol. The van der Waals surface area contributed by atoms with Crippen molar-refractivity contribution in [2.45, 2.75) is 45.8 Å². The van der Waals surface area contributed by atoms with E-state index in [0.29, 0.717) is 11.9 Å². The van der Waals surface area contributed by atoms with E-state index in [0.717, 1.165) is 6.42 Å². The molecule has 1 aliphatic rings. The molecule has 1 heterocycles. The van der Waals surface area contributed by atoms with Crippen molar-refractivity contribution >= 4 is 34.3 Å². The number of alkyl halides is 1. The second kappa shape index (κ2) is 7.61. The zero-order valence-electron chi connectivity index (χ0n) is 14.7. The number of aryl methyl sites for hydroxylation is 1. The zero-order chi connectivity index (χ0) is 18.8. The number of nitrogen functional groups attached to an aromatic ring is 1.